The average Bonchev–Trinajstić information content (AvgIpc) is 2.15. The van der Waals surface area contributed by atoms with Crippen LogP contribution < -0.4 is 0 Å². The smallest absolute Gasteiger partial charge is 0.0745 e. The monoisotopic (exact) mass is 204 g/mol. The molecule has 0 spiro atoms. The van der Waals surface area contributed by atoms with Gasteiger partial charge >= 0.3 is 0 Å². The largest absolute Gasteiger partial charge is 0.391 e. The zero-order valence-electron chi connectivity index (χ0n) is 9.50. The summed E-state index contributed by atoms with van der Waals surface area (Å²) in [5.41, 5.74) is 0. The average molecular weight is 204 g/mol. The molecule has 0 fully saturated rings. The van der Waals surface area contributed by atoms with Crippen molar-refractivity contribution in [3.63, 3.8) is 0 Å². The Morgan fingerprint density at radius 3 is 2.36 bits per heavy atom. The normalized spacial score (nSPS) is 13.1. The summed E-state index contributed by atoms with van der Waals surface area (Å²) in [5, 5.41) is 8.89. The SMILES string of the molecule is CCCCCCOCCOCC(C)O. The van der Waals surface area contributed by atoms with Crippen LogP contribution in [0.15, 0.2) is 0 Å². The van der Waals surface area contributed by atoms with Crippen LogP contribution in [0.3, 0.4) is 0 Å². The van der Waals surface area contributed by atoms with Gasteiger partial charge < -0.3 is 14.6 Å². The number of hydrogen-bond donors (Lipinski definition) is 1. The van der Waals surface area contributed by atoms with Crippen LogP contribution in [0.2, 0.25) is 0 Å². The molecule has 0 heterocycles. The lowest BCUT2D eigenvalue weighted by molar-refractivity contribution is 0.00893. The topological polar surface area (TPSA) is 38.7 Å². The third-order valence-electron chi connectivity index (χ3n) is 1.87. The highest BCUT2D eigenvalue weighted by atomic mass is 16.5. The molecule has 0 aromatic rings. The van der Waals surface area contributed by atoms with Crippen LogP contribution in [0, 0.1) is 0 Å². The Bertz CT molecular complexity index is 105. The molecule has 0 aliphatic carbocycles. The highest BCUT2D eigenvalue weighted by Crippen LogP contribution is 1.98. The molecule has 0 aromatic carbocycles. The molecule has 3 nitrogen and oxygen atoms in total. The van der Waals surface area contributed by atoms with Crippen molar-refractivity contribution in [2.75, 3.05) is 26.4 Å². The molecule has 1 N–H and O–H groups in total. The Hall–Kier alpha value is -0.120. The molecule has 86 valence electrons. The zero-order chi connectivity index (χ0) is 10.6. The van der Waals surface area contributed by atoms with E-state index in [1.807, 2.05) is 0 Å². The van der Waals surface area contributed by atoms with E-state index in [4.69, 9.17) is 14.6 Å². The molecule has 0 saturated carbocycles. The van der Waals surface area contributed by atoms with Crippen molar-refractivity contribution in [2.24, 2.45) is 0 Å². The van der Waals surface area contributed by atoms with Gasteiger partial charge in [0.25, 0.3) is 0 Å². The maximum Gasteiger partial charge on any atom is 0.0745 e. The van der Waals surface area contributed by atoms with Crippen molar-refractivity contribution in [1.29, 1.82) is 0 Å². The Morgan fingerprint density at radius 2 is 1.71 bits per heavy atom. The van der Waals surface area contributed by atoms with Gasteiger partial charge in [-0.2, -0.15) is 0 Å². The summed E-state index contributed by atoms with van der Waals surface area (Å²) in [5.74, 6) is 0. The Kier molecular flexibility index (Phi) is 10.9. The minimum absolute atomic E-state index is 0.375. The maximum atomic E-state index is 8.89. The van der Waals surface area contributed by atoms with E-state index in [1.165, 1.54) is 19.3 Å². The van der Waals surface area contributed by atoms with Gasteiger partial charge in [0.15, 0.2) is 0 Å². The van der Waals surface area contributed by atoms with Crippen molar-refractivity contribution in [3.8, 4) is 0 Å². The molecule has 0 bridgehead atoms. The number of hydrogen-bond acceptors (Lipinski definition) is 3. The van der Waals surface area contributed by atoms with Crippen molar-refractivity contribution in [3.05, 3.63) is 0 Å². The molecule has 14 heavy (non-hydrogen) atoms. The molecule has 0 aliphatic rings. The fourth-order valence-electron chi connectivity index (χ4n) is 1.10. The van der Waals surface area contributed by atoms with E-state index in [9.17, 15) is 0 Å². The lowest BCUT2D eigenvalue weighted by Gasteiger charge is -2.06. The summed E-state index contributed by atoms with van der Waals surface area (Å²) < 4.78 is 10.5. The molecular formula is C11H24O3. The van der Waals surface area contributed by atoms with Gasteiger partial charge in [-0.25, -0.2) is 0 Å². The van der Waals surface area contributed by atoms with Gasteiger partial charge in [-0.3, -0.25) is 0 Å². The third kappa shape index (κ3) is 11.9. The van der Waals surface area contributed by atoms with E-state index >= 15 is 0 Å². The quantitative estimate of drug-likeness (QED) is 0.553. The molecule has 0 saturated heterocycles. The Labute approximate surface area is 87.4 Å². The van der Waals surface area contributed by atoms with Gasteiger partial charge in [0.05, 0.1) is 25.9 Å². The van der Waals surface area contributed by atoms with Crippen molar-refractivity contribution in [1.82, 2.24) is 0 Å². The number of unbranched alkanes of at least 4 members (excludes halogenated alkanes) is 3. The van der Waals surface area contributed by atoms with Gasteiger partial charge in [-0.15, -0.1) is 0 Å². The molecule has 0 amide bonds. The molecule has 1 atom stereocenters. The summed E-state index contributed by atoms with van der Waals surface area (Å²) in [6.07, 6.45) is 4.58. The van der Waals surface area contributed by atoms with Gasteiger partial charge in [-0.05, 0) is 13.3 Å². The first kappa shape index (κ1) is 13.9. The highest BCUT2D eigenvalue weighted by molar-refractivity contribution is 4.42. The molecule has 0 aromatic heterocycles. The van der Waals surface area contributed by atoms with Crippen LogP contribution >= 0.6 is 0 Å². The first-order valence-corrected chi connectivity index (χ1v) is 5.61. The summed E-state index contributed by atoms with van der Waals surface area (Å²) in [6.45, 7) is 6.37. The van der Waals surface area contributed by atoms with Crippen LogP contribution in [0.5, 0.6) is 0 Å². The van der Waals surface area contributed by atoms with E-state index in [0.717, 1.165) is 13.0 Å². The van der Waals surface area contributed by atoms with Crippen LogP contribution in [-0.2, 0) is 9.47 Å². The summed E-state index contributed by atoms with van der Waals surface area (Å²) >= 11 is 0. The van der Waals surface area contributed by atoms with E-state index in [1.54, 1.807) is 6.92 Å². The van der Waals surface area contributed by atoms with E-state index < -0.39 is 0 Å². The molecule has 0 radical (unpaired) electrons. The van der Waals surface area contributed by atoms with Gasteiger partial charge in [0.1, 0.15) is 0 Å². The van der Waals surface area contributed by atoms with Crippen molar-refractivity contribution >= 4 is 0 Å². The van der Waals surface area contributed by atoms with E-state index in [-0.39, 0.29) is 6.10 Å². The van der Waals surface area contributed by atoms with Gasteiger partial charge in [0, 0.05) is 6.61 Å². The van der Waals surface area contributed by atoms with Crippen molar-refractivity contribution < 1.29 is 14.6 Å². The van der Waals surface area contributed by atoms with Crippen LogP contribution in [0.4, 0.5) is 0 Å². The summed E-state index contributed by atoms with van der Waals surface area (Å²) in [7, 11) is 0. The van der Waals surface area contributed by atoms with Gasteiger partial charge in [0.2, 0.25) is 0 Å². The fraction of sp³-hybridized carbons (Fsp3) is 1.00. The minimum Gasteiger partial charge on any atom is -0.391 e. The number of aliphatic hydroxyl groups excluding tert-OH is 1. The zero-order valence-corrected chi connectivity index (χ0v) is 9.50. The third-order valence-corrected chi connectivity index (χ3v) is 1.87. The van der Waals surface area contributed by atoms with Crippen molar-refractivity contribution in [2.45, 2.75) is 45.6 Å². The Balaban J connectivity index is 2.85. The standard InChI is InChI=1S/C11H24O3/c1-3-4-5-6-7-13-8-9-14-10-11(2)12/h11-12H,3-10H2,1-2H3. The molecule has 0 aliphatic heterocycles. The van der Waals surface area contributed by atoms with E-state index in [2.05, 4.69) is 6.92 Å². The molecule has 0 rings (SSSR count). The molecular weight excluding hydrogens is 180 g/mol. The lowest BCUT2D eigenvalue weighted by atomic mass is 10.2. The van der Waals surface area contributed by atoms with E-state index in [0.29, 0.717) is 19.8 Å². The molecule has 3 heteroatoms. The fourth-order valence-corrected chi connectivity index (χ4v) is 1.10. The van der Waals surface area contributed by atoms with Crippen LogP contribution in [0.25, 0.3) is 0 Å². The second kappa shape index (κ2) is 11.0. The minimum atomic E-state index is -0.375. The predicted molar refractivity (Wildman–Crippen MR) is 57.5 cm³/mol. The second-order valence-electron chi connectivity index (χ2n) is 3.60. The first-order chi connectivity index (χ1) is 6.77. The van der Waals surface area contributed by atoms with Crippen LogP contribution in [0.1, 0.15) is 39.5 Å². The summed E-state index contributed by atoms with van der Waals surface area (Å²) in [4.78, 5) is 0. The second-order valence-corrected chi connectivity index (χ2v) is 3.60. The van der Waals surface area contributed by atoms with Crippen LogP contribution in [-0.4, -0.2) is 37.6 Å². The lowest BCUT2D eigenvalue weighted by Crippen LogP contribution is -2.13. The Morgan fingerprint density at radius 1 is 1.00 bits per heavy atom. The highest BCUT2D eigenvalue weighted by Gasteiger charge is 1.94. The molecule has 1 unspecified atom stereocenters. The first-order valence-electron chi connectivity index (χ1n) is 5.61. The summed E-state index contributed by atoms with van der Waals surface area (Å²) in [6, 6.07) is 0. The number of rotatable bonds is 10. The number of aliphatic hydroxyl groups is 1. The number of ether oxygens (including phenoxy) is 2. The maximum absolute atomic E-state index is 8.89. The predicted octanol–water partition coefficient (Wildman–Crippen LogP) is 1.98. The van der Waals surface area contributed by atoms with Gasteiger partial charge in [-0.1, -0.05) is 26.2 Å².